The Morgan fingerprint density at radius 3 is 3.00 bits per heavy atom. The van der Waals surface area contributed by atoms with Gasteiger partial charge >= 0.3 is 6.03 Å². The molecule has 0 saturated carbocycles. The number of carbonyl (C=O) groups excluding carboxylic acids is 1. The van der Waals surface area contributed by atoms with Gasteiger partial charge in [0.05, 0.1) is 12.8 Å². The molecule has 0 unspecified atom stereocenters. The Balaban J connectivity index is 1.94. The summed E-state index contributed by atoms with van der Waals surface area (Å²) in [4.78, 5) is 11.9. The summed E-state index contributed by atoms with van der Waals surface area (Å²) in [5.41, 5.74) is 1.51. The number of urea groups is 1. The van der Waals surface area contributed by atoms with Gasteiger partial charge in [-0.25, -0.2) is 4.79 Å². The monoisotopic (exact) mass is 297 g/mol. The molecule has 1 aromatic rings. The molecule has 1 aromatic carbocycles. The van der Waals surface area contributed by atoms with E-state index in [1.165, 1.54) is 0 Å². The van der Waals surface area contributed by atoms with Crippen molar-refractivity contribution in [3.8, 4) is 5.75 Å². The first-order valence-electron chi connectivity index (χ1n) is 6.72. The molecule has 0 radical (unpaired) electrons. The second kappa shape index (κ2) is 6.81. The number of methoxy groups -OCH3 is 1. The molecule has 3 N–H and O–H groups in total. The molecule has 2 rings (SSSR count). The molecule has 1 aliphatic heterocycles. The van der Waals surface area contributed by atoms with Gasteiger partial charge in [0.25, 0.3) is 0 Å². The predicted molar refractivity (Wildman–Crippen MR) is 80.8 cm³/mol. The molecule has 2 amide bonds. The van der Waals surface area contributed by atoms with Gasteiger partial charge in [0.2, 0.25) is 0 Å². The van der Waals surface area contributed by atoms with Crippen molar-refractivity contribution >= 4 is 23.3 Å². The van der Waals surface area contributed by atoms with E-state index in [0.717, 1.165) is 24.9 Å². The number of hydrogen-bond donors (Lipinski definition) is 3. The summed E-state index contributed by atoms with van der Waals surface area (Å²) in [6, 6.07) is 3.63. The molecule has 110 valence electrons. The molecular weight excluding hydrogens is 278 g/mol. The number of ether oxygens (including phenoxy) is 1. The molecule has 1 fully saturated rings. The molecule has 0 bridgehead atoms. The third-order valence-electron chi connectivity index (χ3n) is 3.40. The highest BCUT2D eigenvalue weighted by atomic mass is 35.5. The van der Waals surface area contributed by atoms with Gasteiger partial charge in [-0.05, 0) is 37.9 Å². The van der Waals surface area contributed by atoms with Crippen molar-refractivity contribution in [2.75, 3.05) is 25.5 Å². The summed E-state index contributed by atoms with van der Waals surface area (Å²) < 4.78 is 5.22. The highest BCUT2D eigenvalue weighted by molar-refractivity contribution is 6.31. The standard InChI is InChI=1S/C14H20ClN3O2/c1-9-6-12(13(20-2)7-11(9)15)18-14(19)17-8-10-4-3-5-16-10/h6-7,10,16H,3-5,8H2,1-2H3,(H2,17,18,19)/t10-/m0/s1. The maximum atomic E-state index is 11.9. The molecule has 0 aliphatic carbocycles. The average molecular weight is 298 g/mol. The van der Waals surface area contributed by atoms with E-state index in [2.05, 4.69) is 16.0 Å². The van der Waals surface area contributed by atoms with Gasteiger partial charge in [-0.1, -0.05) is 11.6 Å². The Morgan fingerprint density at radius 1 is 1.55 bits per heavy atom. The maximum absolute atomic E-state index is 11.9. The lowest BCUT2D eigenvalue weighted by Crippen LogP contribution is -2.39. The highest BCUT2D eigenvalue weighted by Gasteiger charge is 2.15. The van der Waals surface area contributed by atoms with Crippen LogP contribution in [0.1, 0.15) is 18.4 Å². The zero-order valence-electron chi connectivity index (χ0n) is 11.8. The van der Waals surface area contributed by atoms with Crippen LogP contribution in [0.25, 0.3) is 0 Å². The van der Waals surface area contributed by atoms with Crippen LogP contribution in [-0.4, -0.2) is 32.3 Å². The third kappa shape index (κ3) is 3.77. The van der Waals surface area contributed by atoms with Gasteiger partial charge in [-0.2, -0.15) is 0 Å². The maximum Gasteiger partial charge on any atom is 0.319 e. The summed E-state index contributed by atoms with van der Waals surface area (Å²) in [6.07, 6.45) is 2.27. The van der Waals surface area contributed by atoms with Gasteiger partial charge in [0.15, 0.2) is 0 Å². The highest BCUT2D eigenvalue weighted by Crippen LogP contribution is 2.30. The quantitative estimate of drug-likeness (QED) is 0.800. The lowest BCUT2D eigenvalue weighted by molar-refractivity contribution is 0.251. The van der Waals surface area contributed by atoms with Crippen LogP contribution in [0, 0.1) is 6.92 Å². The Bertz CT molecular complexity index is 488. The van der Waals surface area contributed by atoms with Crippen molar-refractivity contribution in [3.05, 3.63) is 22.7 Å². The number of anilines is 1. The first kappa shape index (κ1) is 14.9. The summed E-state index contributed by atoms with van der Waals surface area (Å²) >= 11 is 6.03. The van der Waals surface area contributed by atoms with E-state index in [1.807, 2.05) is 6.92 Å². The minimum Gasteiger partial charge on any atom is -0.495 e. The van der Waals surface area contributed by atoms with E-state index >= 15 is 0 Å². The molecule has 1 saturated heterocycles. The molecule has 1 atom stereocenters. The number of nitrogens with one attached hydrogen (secondary N) is 3. The number of aryl methyl sites for hydroxylation is 1. The number of halogens is 1. The Kier molecular flexibility index (Phi) is 5.09. The fourth-order valence-electron chi connectivity index (χ4n) is 2.24. The lowest BCUT2D eigenvalue weighted by Gasteiger charge is -2.15. The lowest BCUT2D eigenvalue weighted by atomic mass is 10.2. The topological polar surface area (TPSA) is 62.4 Å². The Morgan fingerprint density at radius 2 is 2.35 bits per heavy atom. The molecule has 5 nitrogen and oxygen atoms in total. The van der Waals surface area contributed by atoms with E-state index in [-0.39, 0.29) is 6.03 Å². The molecule has 20 heavy (non-hydrogen) atoms. The summed E-state index contributed by atoms with van der Waals surface area (Å²) in [6.45, 7) is 3.53. The van der Waals surface area contributed by atoms with Crippen molar-refractivity contribution in [2.45, 2.75) is 25.8 Å². The largest absolute Gasteiger partial charge is 0.495 e. The van der Waals surface area contributed by atoms with Crippen LogP contribution in [-0.2, 0) is 0 Å². The average Bonchev–Trinajstić information content (AvgIpc) is 2.93. The van der Waals surface area contributed by atoms with Crippen molar-refractivity contribution in [1.29, 1.82) is 0 Å². The first-order chi connectivity index (χ1) is 9.60. The van der Waals surface area contributed by atoms with E-state index < -0.39 is 0 Å². The number of hydrogen-bond acceptors (Lipinski definition) is 3. The molecule has 0 aromatic heterocycles. The number of carbonyl (C=O) groups is 1. The number of amides is 2. The second-order valence-corrected chi connectivity index (χ2v) is 5.34. The Hall–Kier alpha value is -1.46. The predicted octanol–water partition coefficient (Wildman–Crippen LogP) is 2.53. The molecule has 6 heteroatoms. The van der Waals surface area contributed by atoms with Crippen LogP contribution < -0.4 is 20.7 Å². The molecular formula is C14H20ClN3O2. The van der Waals surface area contributed by atoms with Crippen LogP contribution in [0.5, 0.6) is 5.75 Å². The van der Waals surface area contributed by atoms with Crippen LogP contribution in [0.3, 0.4) is 0 Å². The van der Waals surface area contributed by atoms with Crippen LogP contribution in [0.2, 0.25) is 5.02 Å². The zero-order chi connectivity index (χ0) is 14.5. The van der Waals surface area contributed by atoms with Crippen molar-refractivity contribution in [2.24, 2.45) is 0 Å². The number of benzene rings is 1. The van der Waals surface area contributed by atoms with Gasteiger partial charge in [0, 0.05) is 23.7 Å². The van der Waals surface area contributed by atoms with Crippen LogP contribution in [0.4, 0.5) is 10.5 Å². The molecule has 1 aliphatic rings. The molecule has 1 heterocycles. The van der Waals surface area contributed by atoms with Crippen molar-refractivity contribution in [1.82, 2.24) is 10.6 Å². The van der Waals surface area contributed by atoms with Gasteiger partial charge in [-0.15, -0.1) is 0 Å². The van der Waals surface area contributed by atoms with Gasteiger partial charge in [0.1, 0.15) is 5.75 Å². The SMILES string of the molecule is COc1cc(Cl)c(C)cc1NC(=O)NC[C@@H]1CCCN1. The van der Waals surface area contributed by atoms with E-state index in [9.17, 15) is 4.79 Å². The Labute approximate surface area is 124 Å². The summed E-state index contributed by atoms with van der Waals surface area (Å²) in [5, 5.41) is 9.59. The number of rotatable bonds is 4. The van der Waals surface area contributed by atoms with E-state index in [1.54, 1.807) is 19.2 Å². The smallest absolute Gasteiger partial charge is 0.319 e. The van der Waals surface area contributed by atoms with Crippen molar-refractivity contribution in [3.63, 3.8) is 0 Å². The van der Waals surface area contributed by atoms with Crippen LogP contribution >= 0.6 is 11.6 Å². The molecule has 0 spiro atoms. The van der Waals surface area contributed by atoms with Gasteiger partial charge < -0.3 is 20.7 Å². The third-order valence-corrected chi connectivity index (χ3v) is 3.81. The van der Waals surface area contributed by atoms with E-state index in [0.29, 0.717) is 29.0 Å². The van der Waals surface area contributed by atoms with Crippen molar-refractivity contribution < 1.29 is 9.53 Å². The minimum atomic E-state index is -0.237. The van der Waals surface area contributed by atoms with Crippen LogP contribution in [0.15, 0.2) is 12.1 Å². The fraction of sp³-hybridized carbons (Fsp3) is 0.500. The zero-order valence-corrected chi connectivity index (χ0v) is 12.5. The normalized spacial score (nSPS) is 17.9. The minimum absolute atomic E-state index is 0.237. The van der Waals surface area contributed by atoms with Gasteiger partial charge in [-0.3, -0.25) is 0 Å². The summed E-state index contributed by atoms with van der Waals surface area (Å²) in [5.74, 6) is 0.551. The summed E-state index contributed by atoms with van der Waals surface area (Å²) in [7, 11) is 1.55. The second-order valence-electron chi connectivity index (χ2n) is 4.93. The fourth-order valence-corrected chi connectivity index (χ4v) is 2.40. The van der Waals surface area contributed by atoms with E-state index in [4.69, 9.17) is 16.3 Å². The first-order valence-corrected chi connectivity index (χ1v) is 7.10.